The number of aryl methyl sites for hydroxylation is 1. The molecule has 8 heteroatoms. The lowest BCUT2D eigenvalue weighted by Crippen LogP contribution is -2.61. The third kappa shape index (κ3) is 3.49. The number of hydrogen-bond acceptors (Lipinski definition) is 4. The number of nitrogens with one attached hydrogen (secondary N) is 2. The van der Waals surface area contributed by atoms with Crippen molar-refractivity contribution in [3.8, 4) is 0 Å². The van der Waals surface area contributed by atoms with Crippen molar-refractivity contribution in [2.45, 2.75) is 69.4 Å². The zero-order chi connectivity index (χ0) is 20.0. The average molecular weight is 424 g/mol. The number of anilines is 1. The fourth-order valence-electron chi connectivity index (χ4n) is 4.75. The summed E-state index contributed by atoms with van der Waals surface area (Å²) in [6, 6.07) is 4.95. The molecule has 3 fully saturated rings. The Balaban J connectivity index is 1.66. The largest absolute Gasteiger partial charge is 0.390 e. The maximum atomic E-state index is 13.1. The lowest BCUT2D eigenvalue weighted by atomic mass is 9.77. The number of aliphatic hydroxyl groups excluding tert-OH is 2. The number of aliphatic hydroxyl groups is 2. The molecule has 4 N–H and O–H groups in total. The van der Waals surface area contributed by atoms with E-state index in [4.69, 9.17) is 23.8 Å². The Labute approximate surface area is 175 Å². The van der Waals surface area contributed by atoms with Gasteiger partial charge < -0.3 is 25.7 Å². The monoisotopic (exact) mass is 423 g/mol. The van der Waals surface area contributed by atoms with Crippen LogP contribution in [0.25, 0.3) is 0 Å². The zero-order valence-electron chi connectivity index (χ0n) is 15.8. The third-order valence-electron chi connectivity index (χ3n) is 6.32. The van der Waals surface area contributed by atoms with Crippen LogP contribution in [0.15, 0.2) is 18.2 Å². The second-order valence-electron chi connectivity index (χ2n) is 8.16. The Morgan fingerprint density at radius 3 is 2.71 bits per heavy atom. The highest BCUT2D eigenvalue weighted by Gasteiger charge is 2.54. The number of fused-ring (bicyclic) bond motifs is 1. The number of nitrogens with zero attached hydrogens (tertiary/aromatic N) is 1. The molecule has 1 amide bonds. The summed E-state index contributed by atoms with van der Waals surface area (Å²) in [6.07, 6.45) is 2.46. The third-order valence-corrected chi connectivity index (χ3v) is 7.04. The van der Waals surface area contributed by atoms with Gasteiger partial charge in [0, 0.05) is 16.8 Å². The van der Waals surface area contributed by atoms with Crippen molar-refractivity contribution < 1.29 is 15.0 Å². The van der Waals surface area contributed by atoms with Crippen molar-refractivity contribution in [1.29, 1.82) is 0 Å². The molecule has 3 aliphatic rings. The molecular formula is C20H26ClN3O3S. The summed E-state index contributed by atoms with van der Waals surface area (Å²) in [5, 5.41) is 28.3. The summed E-state index contributed by atoms with van der Waals surface area (Å²) in [4.78, 5) is 15.0. The molecule has 28 heavy (non-hydrogen) atoms. The van der Waals surface area contributed by atoms with Gasteiger partial charge in [0.25, 0.3) is 0 Å². The van der Waals surface area contributed by atoms with Crippen LogP contribution >= 0.6 is 23.8 Å². The molecule has 1 saturated heterocycles. The van der Waals surface area contributed by atoms with Crippen LogP contribution in [-0.2, 0) is 4.79 Å². The molecule has 1 aromatic carbocycles. The first-order valence-electron chi connectivity index (χ1n) is 9.89. The minimum absolute atomic E-state index is 0.0810. The minimum Gasteiger partial charge on any atom is -0.390 e. The molecule has 0 bridgehead atoms. The van der Waals surface area contributed by atoms with E-state index in [1.807, 2.05) is 30.0 Å². The predicted molar refractivity (Wildman–Crippen MR) is 112 cm³/mol. The van der Waals surface area contributed by atoms with Crippen LogP contribution < -0.4 is 15.5 Å². The van der Waals surface area contributed by atoms with Gasteiger partial charge in [0.15, 0.2) is 5.11 Å². The topological polar surface area (TPSA) is 84.8 Å². The quantitative estimate of drug-likeness (QED) is 0.555. The molecule has 0 spiro atoms. The first-order valence-corrected chi connectivity index (χ1v) is 10.7. The van der Waals surface area contributed by atoms with Crippen LogP contribution in [0.1, 0.15) is 37.7 Å². The predicted octanol–water partition coefficient (Wildman–Crippen LogP) is 1.88. The average Bonchev–Trinajstić information content (AvgIpc) is 3.28. The van der Waals surface area contributed by atoms with E-state index in [-0.39, 0.29) is 24.4 Å². The maximum absolute atomic E-state index is 13.1. The molecule has 5 unspecified atom stereocenters. The van der Waals surface area contributed by atoms with E-state index in [1.54, 1.807) is 0 Å². The Hall–Kier alpha value is -1.41. The number of amides is 1. The molecule has 4 rings (SSSR count). The number of carbonyl (C=O) groups is 1. The van der Waals surface area contributed by atoms with E-state index < -0.39 is 24.2 Å². The second-order valence-corrected chi connectivity index (χ2v) is 8.95. The van der Waals surface area contributed by atoms with E-state index in [9.17, 15) is 15.0 Å². The number of thiocarbonyl (C=S) groups is 1. The van der Waals surface area contributed by atoms with Gasteiger partial charge in [0.1, 0.15) is 6.10 Å². The highest BCUT2D eigenvalue weighted by Crippen LogP contribution is 2.38. The van der Waals surface area contributed by atoms with Crippen molar-refractivity contribution >= 4 is 40.5 Å². The number of rotatable bonds is 3. The number of carbonyl (C=O) groups excluding carboxylic acids is 1. The van der Waals surface area contributed by atoms with Gasteiger partial charge in [0.2, 0.25) is 5.91 Å². The molecule has 0 radical (unpaired) electrons. The van der Waals surface area contributed by atoms with E-state index in [2.05, 4.69) is 10.6 Å². The Kier molecular flexibility index (Phi) is 5.53. The van der Waals surface area contributed by atoms with Gasteiger partial charge in [-0.25, -0.2) is 0 Å². The van der Waals surface area contributed by atoms with Gasteiger partial charge >= 0.3 is 0 Å². The van der Waals surface area contributed by atoms with Crippen molar-refractivity contribution in [2.24, 2.45) is 5.92 Å². The molecular weight excluding hydrogens is 398 g/mol. The van der Waals surface area contributed by atoms with E-state index in [0.29, 0.717) is 10.1 Å². The first kappa shape index (κ1) is 19.9. The highest BCUT2D eigenvalue weighted by molar-refractivity contribution is 7.80. The first-order chi connectivity index (χ1) is 13.4. The van der Waals surface area contributed by atoms with Crippen molar-refractivity contribution in [1.82, 2.24) is 10.6 Å². The molecule has 5 atom stereocenters. The van der Waals surface area contributed by atoms with E-state index in [0.717, 1.165) is 36.9 Å². The fraction of sp³-hybridized carbons (Fsp3) is 0.600. The van der Waals surface area contributed by atoms with Gasteiger partial charge in [0.05, 0.1) is 24.1 Å². The molecule has 2 saturated carbocycles. The zero-order valence-corrected chi connectivity index (χ0v) is 17.3. The number of halogens is 1. The Bertz CT molecular complexity index is 786. The van der Waals surface area contributed by atoms with Crippen LogP contribution in [0.3, 0.4) is 0 Å². The van der Waals surface area contributed by atoms with E-state index >= 15 is 0 Å². The van der Waals surface area contributed by atoms with Crippen LogP contribution in [0.2, 0.25) is 5.02 Å². The van der Waals surface area contributed by atoms with Crippen LogP contribution in [0, 0.1) is 12.8 Å². The maximum Gasteiger partial charge on any atom is 0.225 e. The van der Waals surface area contributed by atoms with Crippen molar-refractivity contribution in [3.05, 3.63) is 28.8 Å². The standard InChI is InChI=1S/C20H26ClN3O3S/c1-10-6-7-12(8-14(10)21)24-17-13(19(27)22-11-4-2-3-5-11)9-15(25)18(26)16(17)23-20(24)28/h6-8,11,13,15-18,25-26H,2-5,9H2,1H3,(H,22,27)(H,23,28). The number of hydrogen-bond donors (Lipinski definition) is 4. The Morgan fingerprint density at radius 2 is 2.04 bits per heavy atom. The molecule has 2 aliphatic carbocycles. The highest BCUT2D eigenvalue weighted by atomic mass is 35.5. The molecule has 0 aromatic heterocycles. The summed E-state index contributed by atoms with van der Waals surface area (Å²) in [5.74, 6) is -0.570. The van der Waals surface area contributed by atoms with Gasteiger partial charge in [-0.1, -0.05) is 30.5 Å². The smallest absolute Gasteiger partial charge is 0.225 e. The lowest BCUT2D eigenvalue weighted by Gasteiger charge is -2.41. The SMILES string of the molecule is Cc1ccc(N2C(=S)NC3C(O)C(O)CC(C(=O)NC4CCCC4)C32)cc1Cl. The van der Waals surface area contributed by atoms with Crippen molar-refractivity contribution in [3.63, 3.8) is 0 Å². The molecule has 1 aromatic rings. The van der Waals surface area contributed by atoms with Gasteiger partial charge in [-0.15, -0.1) is 0 Å². The van der Waals surface area contributed by atoms with Crippen LogP contribution in [0.5, 0.6) is 0 Å². The molecule has 6 nitrogen and oxygen atoms in total. The van der Waals surface area contributed by atoms with Gasteiger partial charge in [-0.2, -0.15) is 0 Å². The normalized spacial score (nSPS) is 32.9. The van der Waals surface area contributed by atoms with Crippen LogP contribution in [-0.4, -0.2) is 51.6 Å². The molecule has 1 heterocycles. The minimum atomic E-state index is -0.996. The van der Waals surface area contributed by atoms with Crippen molar-refractivity contribution in [2.75, 3.05) is 4.90 Å². The van der Waals surface area contributed by atoms with Crippen LogP contribution in [0.4, 0.5) is 5.69 Å². The fourth-order valence-corrected chi connectivity index (χ4v) is 5.29. The lowest BCUT2D eigenvalue weighted by molar-refractivity contribution is -0.131. The summed E-state index contributed by atoms with van der Waals surface area (Å²) < 4.78 is 0. The molecule has 1 aliphatic heterocycles. The van der Waals surface area contributed by atoms with Gasteiger partial charge in [-0.05, 0) is 56.1 Å². The summed E-state index contributed by atoms with van der Waals surface area (Å²) >= 11 is 11.9. The Morgan fingerprint density at radius 1 is 1.32 bits per heavy atom. The van der Waals surface area contributed by atoms with Gasteiger partial charge in [-0.3, -0.25) is 4.79 Å². The van der Waals surface area contributed by atoms with E-state index in [1.165, 1.54) is 0 Å². The summed E-state index contributed by atoms with van der Waals surface area (Å²) in [5.41, 5.74) is 1.73. The number of benzene rings is 1. The second kappa shape index (κ2) is 7.78. The summed E-state index contributed by atoms with van der Waals surface area (Å²) in [7, 11) is 0. The summed E-state index contributed by atoms with van der Waals surface area (Å²) in [6.45, 7) is 1.92. The molecule has 152 valence electrons.